The maximum atomic E-state index is 13.1. The molecular formula is C23H24F2N2O3S. The zero-order chi connectivity index (χ0) is 22.2. The molecule has 2 aromatic rings. The molecule has 4 rings (SSSR count). The van der Waals surface area contributed by atoms with E-state index in [1.54, 1.807) is 11.0 Å². The summed E-state index contributed by atoms with van der Waals surface area (Å²) < 4.78 is 43.9. The van der Waals surface area contributed by atoms with Crippen LogP contribution in [0.1, 0.15) is 25.0 Å². The number of alkyl halides is 2. The van der Waals surface area contributed by atoms with Gasteiger partial charge in [-0.2, -0.15) is 8.78 Å². The fourth-order valence-electron chi connectivity index (χ4n) is 3.92. The number of benzene rings is 2. The van der Waals surface area contributed by atoms with Gasteiger partial charge in [-0.25, -0.2) is 4.21 Å². The van der Waals surface area contributed by atoms with Crippen molar-refractivity contribution in [2.45, 2.75) is 36.6 Å². The van der Waals surface area contributed by atoms with E-state index in [9.17, 15) is 17.8 Å². The number of piperazine rings is 1. The second-order valence-corrected chi connectivity index (χ2v) is 9.62. The number of amides is 1. The average Bonchev–Trinajstić information content (AvgIpc) is 2.72. The lowest BCUT2D eigenvalue weighted by Crippen LogP contribution is -2.49. The van der Waals surface area contributed by atoms with E-state index in [1.165, 1.54) is 12.1 Å². The Kier molecular flexibility index (Phi) is 5.94. The Morgan fingerprint density at radius 3 is 2.55 bits per heavy atom. The lowest BCUT2D eigenvalue weighted by Gasteiger charge is -2.39. The highest BCUT2D eigenvalue weighted by atomic mass is 32.2. The van der Waals surface area contributed by atoms with Crippen LogP contribution in [0.5, 0.6) is 5.75 Å². The highest BCUT2D eigenvalue weighted by Gasteiger charge is 2.34. The van der Waals surface area contributed by atoms with Crippen LogP contribution in [0.2, 0.25) is 0 Å². The van der Waals surface area contributed by atoms with Gasteiger partial charge in [0.2, 0.25) is 5.91 Å². The SMILES string of the molecule is CC1(C)C=C(N2CCN(Cc3ccccc3)CC2=O)c2cc(S(=O)C(F)F)ccc2O1. The molecule has 0 radical (unpaired) electrons. The van der Waals surface area contributed by atoms with Crippen molar-refractivity contribution in [3.8, 4) is 5.75 Å². The number of rotatable bonds is 5. The molecule has 1 saturated heterocycles. The van der Waals surface area contributed by atoms with Gasteiger partial charge >= 0.3 is 5.76 Å². The second-order valence-electron chi connectivity index (χ2n) is 8.19. The predicted octanol–water partition coefficient (Wildman–Crippen LogP) is 3.87. The van der Waals surface area contributed by atoms with Gasteiger partial charge in [0.15, 0.2) is 0 Å². The van der Waals surface area contributed by atoms with E-state index < -0.39 is 22.2 Å². The summed E-state index contributed by atoms with van der Waals surface area (Å²) in [7, 11) is -2.44. The van der Waals surface area contributed by atoms with Gasteiger partial charge in [0, 0.05) is 30.1 Å². The van der Waals surface area contributed by atoms with Gasteiger partial charge in [-0.3, -0.25) is 9.69 Å². The summed E-state index contributed by atoms with van der Waals surface area (Å²) in [5.41, 5.74) is 1.59. The van der Waals surface area contributed by atoms with E-state index in [2.05, 4.69) is 4.90 Å². The van der Waals surface area contributed by atoms with Gasteiger partial charge in [-0.1, -0.05) is 30.3 Å². The zero-order valence-electron chi connectivity index (χ0n) is 17.4. The Labute approximate surface area is 182 Å². The minimum atomic E-state index is -2.98. The summed E-state index contributed by atoms with van der Waals surface area (Å²) in [5, 5.41) is 0. The van der Waals surface area contributed by atoms with Gasteiger partial charge in [0.1, 0.15) is 22.2 Å². The van der Waals surface area contributed by atoms with Crippen molar-refractivity contribution in [1.29, 1.82) is 0 Å². The van der Waals surface area contributed by atoms with Crippen molar-refractivity contribution in [1.82, 2.24) is 9.80 Å². The molecule has 2 heterocycles. The van der Waals surface area contributed by atoms with Crippen molar-refractivity contribution in [3.63, 3.8) is 0 Å². The maximum Gasteiger partial charge on any atom is 0.316 e. The van der Waals surface area contributed by atoms with Gasteiger partial charge in [0.05, 0.1) is 12.2 Å². The number of fused-ring (bicyclic) bond motifs is 1. The van der Waals surface area contributed by atoms with E-state index >= 15 is 0 Å². The molecule has 8 heteroatoms. The fourth-order valence-corrected chi connectivity index (χ4v) is 4.56. The molecule has 0 aromatic heterocycles. The van der Waals surface area contributed by atoms with Crippen LogP contribution >= 0.6 is 0 Å². The summed E-state index contributed by atoms with van der Waals surface area (Å²) in [4.78, 5) is 16.8. The molecule has 0 spiro atoms. The molecule has 1 atom stereocenters. The van der Waals surface area contributed by atoms with Crippen LogP contribution in [-0.2, 0) is 22.1 Å². The average molecular weight is 447 g/mol. The topological polar surface area (TPSA) is 49.9 Å². The highest BCUT2D eigenvalue weighted by molar-refractivity contribution is 7.85. The van der Waals surface area contributed by atoms with Crippen molar-refractivity contribution < 1.29 is 22.5 Å². The van der Waals surface area contributed by atoms with Crippen LogP contribution in [0.15, 0.2) is 59.5 Å². The van der Waals surface area contributed by atoms with E-state index in [-0.39, 0.29) is 17.3 Å². The summed E-state index contributed by atoms with van der Waals surface area (Å²) in [5.74, 6) is -2.57. The van der Waals surface area contributed by atoms with Crippen LogP contribution < -0.4 is 4.74 Å². The Morgan fingerprint density at radius 1 is 1.13 bits per heavy atom. The minimum Gasteiger partial charge on any atom is -0.483 e. The minimum absolute atomic E-state index is 0.0121. The fraction of sp³-hybridized carbons (Fsp3) is 0.348. The Bertz CT molecular complexity index is 1040. The molecule has 0 aliphatic carbocycles. The normalized spacial score (nSPS) is 19.6. The van der Waals surface area contributed by atoms with Gasteiger partial charge in [-0.15, -0.1) is 0 Å². The quantitative estimate of drug-likeness (QED) is 0.700. The molecular weight excluding hydrogens is 422 g/mol. The van der Waals surface area contributed by atoms with E-state index in [0.717, 1.165) is 5.56 Å². The van der Waals surface area contributed by atoms with Crippen molar-refractivity contribution >= 4 is 22.4 Å². The van der Waals surface area contributed by atoms with Crippen LogP contribution in [0.25, 0.3) is 5.70 Å². The number of carbonyl (C=O) groups is 1. The summed E-state index contributed by atoms with van der Waals surface area (Å²) >= 11 is 0. The van der Waals surface area contributed by atoms with Gasteiger partial charge < -0.3 is 9.64 Å². The summed E-state index contributed by atoms with van der Waals surface area (Å²) in [6.45, 7) is 5.83. The number of halogens is 2. The first-order valence-corrected chi connectivity index (χ1v) is 11.3. The van der Waals surface area contributed by atoms with Crippen molar-refractivity contribution in [2.75, 3.05) is 19.6 Å². The van der Waals surface area contributed by atoms with Crippen LogP contribution in [0, 0.1) is 0 Å². The van der Waals surface area contributed by atoms with Crippen LogP contribution in [0.4, 0.5) is 8.78 Å². The third kappa shape index (κ3) is 4.70. The summed E-state index contributed by atoms with van der Waals surface area (Å²) in [6.07, 6.45) is 1.83. The second kappa shape index (κ2) is 8.51. The third-order valence-electron chi connectivity index (χ3n) is 5.32. The van der Waals surface area contributed by atoms with E-state index in [4.69, 9.17) is 4.74 Å². The molecule has 164 valence electrons. The standard InChI is InChI=1S/C23H24F2N2O3S/c1-23(2)13-19(18-12-17(31(29)22(24)25)8-9-20(18)30-23)27-11-10-26(15-21(27)28)14-16-6-4-3-5-7-16/h3-9,12-13,22H,10-11,14-15H2,1-2H3. The molecule has 31 heavy (non-hydrogen) atoms. The molecule has 0 saturated carbocycles. The smallest absolute Gasteiger partial charge is 0.316 e. The van der Waals surface area contributed by atoms with Crippen molar-refractivity contribution in [2.24, 2.45) is 0 Å². The molecule has 1 unspecified atom stereocenters. The maximum absolute atomic E-state index is 13.1. The molecule has 0 N–H and O–H groups in total. The van der Waals surface area contributed by atoms with E-state index in [0.29, 0.717) is 36.6 Å². The molecule has 1 fully saturated rings. The molecule has 5 nitrogen and oxygen atoms in total. The first-order chi connectivity index (χ1) is 14.7. The third-order valence-corrected chi connectivity index (χ3v) is 6.36. The van der Waals surface area contributed by atoms with Crippen LogP contribution in [-0.4, -0.2) is 50.9 Å². The number of ether oxygens (including phenoxy) is 1. The summed E-state index contributed by atoms with van der Waals surface area (Å²) in [6, 6.07) is 14.3. The lowest BCUT2D eigenvalue weighted by molar-refractivity contribution is -0.132. The van der Waals surface area contributed by atoms with Gasteiger partial charge in [0.25, 0.3) is 0 Å². The number of hydrogen-bond acceptors (Lipinski definition) is 4. The number of hydrogen-bond donors (Lipinski definition) is 0. The number of nitrogens with zero attached hydrogens (tertiary/aromatic N) is 2. The monoisotopic (exact) mass is 446 g/mol. The van der Waals surface area contributed by atoms with E-state index in [1.807, 2.05) is 50.3 Å². The molecule has 2 aliphatic rings. The Morgan fingerprint density at radius 2 is 1.87 bits per heavy atom. The van der Waals surface area contributed by atoms with Crippen molar-refractivity contribution in [3.05, 3.63) is 65.7 Å². The lowest BCUT2D eigenvalue weighted by atomic mass is 9.97. The number of carbonyl (C=O) groups excluding carboxylic acids is 1. The first kappa shape index (κ1) is 21.6. The predicted molar refractivity (Wildman–Crippen MR) is 115 cm³/mol. The molecule has 2 aliphatic heterocycles. The van der Waals surface area contributed by atoms with Gasteiger partial charge in [-0.05, 0) is 43.7 Å². The Balaban J connectivity index is 1.60. The molecule has 1 amide bonds. The molecule has 2 aromatic carbocycles. The first-order valence-electron chi connectivity index (χ1n) is 10.1. The highest BCUT2D eigenvalue weighted by Crippen LogP contribution is 2.39. The Hall–Kier alpha value is -2.58. The molecule has 0 bridgehead atoms. The zero-order valence-corrected chi connectivity index (χ0v) is 18.2. The largest absolute Gasteiger partial charge is 0.483 e. The van der Waals surface area contributed by atoms with Crippen LogP contribution in [0.3, 0.4) is 0 Å².